The lowest BCUT2D eigenvalue weighted by Crippen LogP contribution is -2.32. The lowest BCUT2D eigenvalue weighted by molar-refractivity contribution is -0.384. The molecule has 0 bridgehead atoms. The van der Waals surface area contributed by atoms with Crippen LogP contribution in [0.4, 0.5) is 73.9 Å². The number of benzene rings is 10. The summed E-state index contributed by atoms with van der Waals surface area (Å²) in [5.41, 5.74) is 16.9. The molecule has 0 aromatic heterocycles. The second-order valence-corrected chi connectivity index (χ2v) is 31.2. The number of primary amides is 2. The maximum absolute atomic E-state index is 13.4. The lowest BCUT2D eigenvalue weighted by Gasteiger charge is -2.16. The summed E-state index contributed by atoms with van der Waals surface area (Å²) >= 11 is 37.8. The summed E-state index contributed by atoms with van der Waals surface area (Å²) in [5.74, 6) is -9.29. The second kappa shape index (κ2) is 47.9. The number of azo groups is 5. The first kappa shape index (κ1) is 103. The third-order valence-electron chi connectivity index (χ3n) is 18.7. The van der Waals surface area contributed by atoms with Crippen LogP contribution in [0.2, 0.25) is 30.1 Å². The fourth-order valence-corrected chi connectivity index (χ4v) is 12.4. The van der Waals surface area contributed by atoms with E-state index in [2.05, 4.69) is 88.4 Å². The van der Waals surface area contributed by atoms with Crippen molar-refractivity contribution in [1.29, 1.82) is 0 Å². The number of nitrogens with one attached hydrogen (secondary N) is 7. The normalized spacial score (nSPS) is 12.2. The number of para-hydroxylation sites is 1. The van der Waals surface area contributed by atoms with E-state index < -0.39 is 117 Å². The Kier molecular flexibility index (Phi) is 37.1. The van der Waals surface area contributed by atoms with Gasteiger partial charge in [-0.05, 0) is 231 Å². The minimum absolute atomic E-state index is 0. The van der Waals surface area contributed by atoms with Gasteiger partial charge in [-0.2, -0.15) is 51.1 Å². The summed E-state index contributed by atoms with van der Waals surface area (Å²) in [6.45, 7) is 14.3. The smallest absolute Gasteiger partial charge is 0.273 e. The van der Waals surface area contributed by atoms with Crippen LogP contribution in [0.3, 0.4) is 0 Å². The number of ketones is 5. The van der Waals surface area contributed by atoms with Gasteiger partial charge in [-0.15, -0.1) is 0 Å². The number of nitro groups is 1. The summed E-state index contributed by atoms with van der Waals surface area (Å²) in [6, 6.07) is 39.1. The van der Waals surface area contributed by atoms with E-state index in [1.165, 1.54) is 130 Å². The molecule has 10 aromatic rings. The van der Waals surface area contributed by atoms with Crippen molar-refractivity contribution in [2.75, 3.05) is 44.3 Å². The number of rotatable bonds is 33. The molecule has 0 spiro atoms. The van der Waals surface area contributed by atoms with Gasteiger partial charge in [-0.25, -0.2) is 0 Å². The Labute approximate surface area is 798 Å². The maximum Gasteiger partial charge on any atom is 0.273 e. The highest BCUT2D eigenvalue weighted by Crippen LogP contribution is 2.37. The zero-order chi connectivity index (χ0) is 97.9. The van der Waals surface area contributed by atoms with E-state index in [9.17, 15) is 77.2 Å². The molecule has 0 saturated carbocycles. The van der Waals surface area contributed by atoms with Crippen molar-refractivity contribution >= 4 is 226 Å². The van der Waals surface area contributed by atoms with Crippen molar-refractivity contribution in [2.24, 2.45) is 62.6 Å². The van der Waals surface area contributed by atoms with Crippen molar-refractivity contribution in [2.45, 2.75) is 99.4 Å². The Bertz CT molecular complexity index is 6330. The van der Waals surface area contributed by atoms with E-state index in [0.717, 1.165) is 20.8 Å². The van der Waals surface area contributed by atoms with Gasteiger partial charge in [0.15, 0.2) is 34.7 Å². The number of methoxy groups -OCH3 is 1. The largest absolute Gasteiger partial charge is 0.494 e. The van der Waals surface area contributed by atoms with Crippen molar-refractivity contribution in [1.82, 2.24) is 0 Å². The third kappa shape index (κ3) is 29.1. The number of nitrogens with two attached hydrogens (primary N) is 2. The zero-order valence-electron chi connectivity index (χ0n) is 72.1. The summed E-state index contributed by atoms with van der Waals surface area (Å²) in [5, 5.41) is 69.4. The van der Waals surface area contributed by atoms with Gasteiger partial charge in [-0.1, -0.05) is 112 Å². The highest BCUT2D eigenvalue weighted by atomic mass is 35.5. The molecule has 43 heteroatoms. The Morgan fingerprint density at radius 2 is 0.699 bits per heavy atom. The zero-order valence-corrected chi connectivity index (χ0v) is 76.6. The SMILES string of the molecule is CC(=O)C(N=Nc1cc(C(=O)Nc2cccc(Cl)c2C)ccc1Cl)C(=O)Nc1cc(Cl)c(NC(=O)C(N=Nc2cc(C(=O)Nc3cccc(Cl)c3C)ccc2Cl)C(C)=O)cc1C.CC(=O)C(N=Nc1cc(C(N)=O)ccc1C)C(=O)Nc1ccc(NC(=O)C(N=Nc2cc(C(N)=O)ccc2C)C(C)=O)c(Cl)c1.COc1cc([N+](=O)[O-])ccc1N=NC(C(C)=O)C(=O)Nc1ccccc1.[HH].[HH].[HH].[HH].[HH].[HH].[HH]. The van der Waals surface area contributed by atoms with Crippen LogP contribution in [0.1, 0.15) is 114 Å². The number of nitro benzene ring substituents is 1. The fourth-order valence-electron chi connectivity index (χ4n) is 11.3. The molecule has 5 atom stereocenters. The lowest BCUT2D eigenvalue weighted by atomic mass is 10.1. The molecule has 11 N–H and O–H groups in total. The van der Waals surface area contributed by atoms with E-state index in [-0.39, 0.29) is 115 Å². The van der Waals surface area contributed by atoms with Crippen LogP contribution < -0.4 is 53.4 Å². The van der Waals surface area contributed by atoms with Crippen LogP contribution >= 0.6 is 69.6 Å². The van der Waals surface area contributed by atoms with Crippen LogP contribution in [-0.2, 0) is 47.9 Å². The minimum atomic E-state index is -1.65. The fraction of sp³-hybridized carbons (Fsp3) is 0.178. The van der Waals surface area contributed by atoms with E-state index in [1.54, 1.807) is 113 Å². The highest BCUT2D eigenvalue weighted by molar-refractivity contribution is 6.36. The van der Waals surface area contributed by atoms with Gasteiger partial charge in [0.1, 0.15) is 17.1 Å². The van der Waals surface area contributed by atoms with Gasteiger partial charge in [0.2, 0.25) is 42.0 Å². The molecule has 5 unspecified atom stereocenters. The molecular weight excluding hydrogens is 1850 g/mol. The molecule has 0 aliphatic carbocycles. The molecule has 9 amide bonds. The number of non-ortho nitro benzene ring substituents is 1. The number of halogens is 6. The predicted molar refractivity (Wildman–Crippen MR) is 517 cm³/mol. The number of ether oxygens (including phenoxy) is 1. The molecule has 0 fully saturated rings. The predicted octanol–water partition coefficient (Wildman–Crippen LogP) is 21.3. The number of nitrogens with zero attached hydrogens (tertiary/aromatic N) is 11. The highest BCUT2D eigenvalue weighted by Gasteiger charge is 2.31. The number of Topliss-reactive ketones (excluding diaryl/α,β-unsaturated/α-hetero) is 5. The first-order chi connectivity index (χ1) is 62.9. The van der Waals surface area contributed by atoms with Crippen LogP contribution in [-0.4, -0.2) is 124 Å². The molecule has 0 saturated heterocycles. The third-order valence-corrected chi connectivity index (χ3v) is 20.8. The number of hydrogen-bond donors (Lipinski definition) is 9. The van der Waals surface area contributed by atoms with Gasteiger partial charge in [-0.3, -0.25) is 77.2 Å². The number of amides is 9. The van der Waals surface area contributed by atoms with Gasteiger partial charge in [0.05, 0.1) is 60.9 Å². The molecule has 10 rings (SSSR count). The van der Waals surface area contributed by atoms with Crippen LogP contribution in [0.5, 0.6) is 5.75 Å². The number of aryl methyl sites for hydroxylation is 3. The molecule has 0 aliphatic heterocycles. The van der Waals surface area contributed by atoms with E-state index >= 15 is 0 Å². The molecule has 133 heavy (non-hydrogen) atoms. The number of anilines is 7. The molecule has 0 radical (unpaired) electrons. The van der Waals surface area contributed by atoms with E-state index in [4.69, 9.17) is 85.8 Å². The van der Waals surface area contributed by atoms with E-state index in [1.807, 2.05) is 0 Å². The quantitative estimate of drug-likeness (QED) is 0.00798. The second-order valence-electron chi connectivity index (χ2n) is 28.7. The minimum Gasteiger partial charge on any atom is -0.494 e. The van der Waals surface area contributed by atoms with Crippen LogP contribution in [0.25, 0.3) is 0 Å². The summed E-state index contributed by atoms with van der Waals surface area (Å²) in [4.78, 5) is 185. The molecule has 0 aliphatic rings. The van der Waals surface area contributed by atoms with Crippen molar-refractivity contribution in [3.63, 3.8) is 0 Å². The molecule has 0 heterocycles. The van der Waals surface area contributed by atoms with Crippen molar-refractivity contribution < 1.29 is 86.8 Å². The summed E-state index contributed by atoms with van der Waals surface area (Å²) < 4.78 is 5.04. The summed E-state index contributed by atoms with van der Waals surface area (Å²) in [6.07, 6.45) is 0. The van der Waals surface area contributed by atoms with Crippen molar-refractivity contribution in [3.05, 3.63) is 278 Å². The topological polar surface area (TPSA) is 551 Å². The maximum atomic E-state index is 13.4. The number of carbonyl (C=O) groups is 14. The molecule has 37 nitrogen and oxygen atoms in total. The van der Waals surface area contributed by atoms with Gasteiger partial charge >= 0.3 is 0 Å². The van der Waals surface area contributed by atoms with Gasteiger partial charge in [0.25, 0.3) is 47.0 Å². The average molecular weight is 1940 g/mol. The summed E-state index contributed by atoms with van der Waals surface area (Å²) in [7, 11) is 1.32. The van der Waals surface area contributed by atoms with Crippen molar-refractivity contribution in [3.8, 4) is 5.75 Å². The molecule has 10 aromatic carbocycles. The van der Waals surface area contributed by atoms with Crippen LogP contribution in [0, 0.1) is 44.7 Å². The van der Waals surface area contributed by atoms with E-state index in [0.29, 0.717) is 54.9 Å². The van der Waals surface area contributed by atoms with Gasteiger partial charge in [0, 0.05) is 76.8 Å². The first-order valence-electron chi connectivity index (χ1n) is 39.0. The molecular formula is C90H94Cl6N20O17. The standard InChI is InChI=1S/C43H35Cl5N8O6.C30H29ClN8O6.C17H16N4O5.7H2/c1-20-16-35(52-43(62)39(24(5)58)56-54-37-18-26(13-15-30(37)47)41(60)50-33-11-7-9-28(45)22(33)3)31(48)19-34(20)51-42(61)38(23(4)57)55-53-36-17-25(12-14-29(36)46)40(59)49-32-10-6-8-27(44)21(32)2;1-14-5-7-18(27(32)42)11-23(14)36-38-25(16(3)40)29(44)34-20-9-10-22(21(31)13-20)35-30(45)26(17(4)41)39-37-24-12-19(28(33)43)8-6-15(24)2;1-11(22)16(17(23)18-12-6-4-3-5-7-12)20-19-14-9-8-13(21(24)25)10-15(14)26-2;;;;;;;/h6-19,38-39H,1-5H3,(H,49,59)(H,50,60)(H,51,61)(H,52,62);5-13,25-26H,1-4H3,(H2,32,42)(H2,33,43)(H,34,44)(H,35,45);3-10,16H,1-2H3,(H,18,23);7*1H. The molecule has 698 valence electrons. The Morgan fingerprint density at radius 1 is 0.331 bits per heavy atom. The first-order valence-corrected chi connectivity index (χ1v) is 41.3. The van der Waals surface area contributed by atoms with Gasteiger partial charge < -0.3 is 53.4 Å². The monoisotopic (exact) mass is 1940 g/mol. The number of hydrogen-bond acceptors (Lipinski definition) is 27. The van der Waals surface area contributed by atoms with Crippen LogP contribution in [0.15, 0.2) is 239 Å². The Balaban J connectivity index is 0.00000110. The average Bonchev–Trinajstić information content (AvgIpc) is 0.826. The number of carbonyl (C=O) groups excluding carboxylic acids is 14. The Morgan fingerprint density at radius 3 is 1.10 bits per heavy atom. The Hall–Kier alpha value is -15.3.